The van der Waals surface area contributed by atoms with Gasteiger partial charge in [-0.05, 0) is 37.0 Å². The molecule has 3 rings (SSSR count). The van der Waals surface area contributed by atoms with E-state index < -0.39 is 25.0 Å². The summed E-state index contributed by atoms with van der Waals surface area (Å²) in [6.07, 6.45) is -6.31. The van der Waals surface area contributed by atoms with Crippen molar-refractivity contribution in [1.29, 1.82) is 0 Å². The largest absolute Gasteiger partial charge is 0.497 e. The van der Waals surface area contributed by atoms with E-state index in [1.807, 2.05) is 0 Å². The van der Waals surface area contributed by atoms with Gasteiger partial charge in [-0.2, -0.15) is 13.2 Å². The molecule has 1 amide bonds. The third-order valence-electron chi connectivity index (χ3n) is 5.48. The maximum atomic E-state index is 13.3. The molecule has 1 spiro atoms. The summed E-state index contributed by atoms with van der Waals surface area (Å²) in [7, 11) is 1.52. The van der Waals surface area contributed by atoms with Gasteiger partial charge in [0.2, 0.25) is 6.10 Å². The SMILES string of the molecule is COc1ccc(COC[C@@H](OC(=O)N2CCC3(CC2)CC(N)CO3)C(F)(F)F)cc1. The summed E-state index contributed by atoms with van der Waals surface area (Å²) >= 11 is 0. The Labute approximate surface area is 173 Å². The van der Waals surface area contributed by atoms with Crippen LogP contribution in [0.4, 0.5) is 18.0 Å². The molecular weight excluding hydrogens is 405 g/mol. The molecule has 2 atom stereocenters. The molecule has 0 saturated carbocycles. The van der Waals surface area contributed by atoms with Crippen molar-refractivity contribution in [1.82, 2.24) is 4.90 Å². The normalized spacial score (nSPS) is 22.2. The van der Waals surface area contributed by atoms with Crippen LogP contribution in [0.5, 0.6) is 5.75 Å². The number of carbonyl (C=O) groups is 1. The zero-order valence-electron chi connectivity index (χ0n) is 16.8. The summed E-state index contributed by atoms with van der Waals surface area (Å²) in [6, 6.07) is 6.71. The van der Waals surface area contributed by atoms with E-state index in [4.69, 9.17) is 24.7 Å². The first-order chi connectivity index (χ1) is 14.2. The Hall–Kier alpha value is -2.04. The van der Waals surface area contributed by atoms with E-state index in [0.717, 1.165) is 0 Å². The van der Waals surface area contributed by atoms with Crippen LogP contribution in [0.1, 0.15) is 24.8 Å². The molecule has 0 bridgehead atoms. The van der Waals surface area contributed by atoms with Crippen molar-refractivity contribution in [2.45, 2.75) is 49.8 Å². The summed E-state index contributed by atoms with van der Waals surface area (Å²) < 4.78 is 60.7. The lowest BCUT2D eigenvalue weighted by Gasteiger charge is -2.38. The number of halogens is 3. The minimum absolute atomic E-state index is 0.0408. The number of hydrogen-bond acceptors (Lipinski definition) is 6. The van der Waals surface area contributed by atoms with Crippen LogP contribution in [0.2, 0.25) is 0 Å². The summed E-state index contributed by atoms with van der Waals surface area (Å²) in [4.78, 5) is 13.6. The number of carbonyl (C=O) groups excluding carboxylic acids is 1. The second-order valence-corrected chi connectivity index (χ2v) is 7.72. The van der Waals surface area contributed by atoms with Crippen LogP contribution in [0.15, 0.2) is 24.3 Å². The molecule has 2 saturated heterocycles. The second kappa shape index (κ2) is 9.40. The van der Waals surface area contributed by atoms with Crippen LogP contribution < -0.4 is 10.5 Å². The number of methoxy groups -OCH3 is 1. The van der Waals surface area contributed by atoms with Crippen molar-refractivity contribution in [2.75, 3.05) is 33.4 Å². The van der Waals surface area contributed by atoms with Crippen molar-refractivity contribution >= 4 is 6.09 Å². The van der Waals surface area contributed by atoms with Crippen molar-refractivity contribution in [3.05, 3.63) is 29.8 Å². The second-order valence-electron chi connectivity index (χ2n) is 7.72. The highest BCUT2D eigenvalue weighted by Gasteiger charge is 2.46. The number of piperidine rings is 1. The Kier molecular flexibility index (Phi) is 7.10. The molecule has 2 aliphatic heterocycles. The molecule has 1 aromatic rings. The van der Waals surface area contributed by atoms with Gasteiger partial charge in [-0.3, -0.25) is 0 Å². The predicted octanol–water partition coefficient (Wildman–Crippen LogP) is 2.86. The molecule has 30 heavy (non-hydrogen) atoms. The Bertz CT molecular complexity index is 705. The quantitative estimate of drug-likeness (QED) is 0.744. The zero-order valence-corrected chi connectivity index (χ0v) is 16.8. The van der Waals surface area contributed by atoms with E-state index in [2.05, 4.69) is 0 Å². The summed E-state index contributed by atoms with van der Waals surface area (Å²) in [5, 5.41) is 0. The van der Waals surface area contributed by atoms with Gasteiger partial charge in [-0.15, -0.1) is 0 Å². The standard InChI is InChI=1S/C20H27F3N2O5/c1-27-16-4-2-14(3-5-16)11-28-13-17(20(21,22)23)30-18(26)25-8-6-19(7-9-25)10-15(24)12-29-19/h2-5,15,17H,6-13,24H2,1H3/t15?,17-/m1/s1. The van der Waals surface area contributed by atoms with E-state index in [1.165, 1.54) is 12.0 Å². The predicted molar refractivity (Wildman–Crippen MR) is 101 cm³/mol. The van der Waals surface area contributed by atoms with Gasteiger partial charge in [0.1, 0.15) is 5.75 Å². The van der Waals surface area contributed by atoms with Crippen LogP contribution >= 0.6 is 0 Å². The van der Waals surface area contributed by atoms with E-state index in [0.29, 0.717) is 37.2 Å². The molecule has 10 heteroatoms. The molecule has 0 radical (unpaired) electrons. The first-order valence-electron chi connectivity index (χ1n) is 9.83. The number of nitrogens with zero attached hydrogens (tertiary/aromatic N) is 1. The molecule has 0 aliphatic carbocycles. The highest BCUT2D eigenvalue weighted by Crippen LogP contribution is 2.35. The minimum atomic E-state index is -4.73. The number of nitrogens with two attached hydrogens (primary N) is 1. The van der Waals surface area contributed by atoms with Gasteiger partial charge in [-0.1, -0.05) is 12.1 Å². The van der Waals surface area contributed by atoms with Gasteiger partial charge in [0.05, 0.1) is 32.5 Å². The molecular formula is C20H27F3N2O5. The van der Waals surface area contributed by atoms with Gasteiger partial charge >= 0.3 is 12.3 Å². The number of hydrogen-bond donors (Lipinski definition) is 1. The first-order valence-corrected chi connectivity index (χ1v) is 9.83. The van der Waals surface area contributed by atoms with Crippen molar-refractivity contribution in [3.63, 3.8) is 0 Å². The van der Waals surface area contributed by atoms with Gasteiger partial charge in [0, 0.05) is 19.1 Å². The lowest BCUT2D eigenvalue weighted by molar-refractivity contribution is -0.220. The number of ether oxygens (including phenoxy) is 4. The van der Waals surface area contributed by atoms with Crippen LogP contribution in [0, 0.1) is 0 Å². The number of likely N-dealkylation sites (tertiary alicyclic amines) is 1. The average Bonchev–Trinajstić information content (AvgIpc) is 3.07. The molecule has 2 aliphatic rings. The van der Waals surface area contributed by atoms with Crippen LogP contribution in [-0.4, -0.2) is 68.3 Å². The molecule has 168 valence electrons. The molecule has 7 nitrogen and oxygen atoms in total. The lowest BCUT2D eigenvalue weighted by Crippen LogP contribution is -2.49. The fraction of sp³-hybridized carbons (Fsp3) is 0.650. The topological polar surface area (TPSA) is 83.3 Å². The smallest absolute Gasteiger partial charge is 0.427 e. The van der Waals surface area contributed by atoms with Crippen LogP contribution in [0.25, 0.3) is 0 Å². The van der Waals surface area contributed by atoms with Crippen LogP contribution in [-0.2, 0) is 20.8 Å². The van der Waals surface area contributed by atoms with E-state index in [-0.39, 0.29) is 31.3 Å². The zero-order chi connectivity index (χ0) is 21.8. The molecule has 1 unspecified atom stereocenters. The monoisotopic (exact) mass is 432 g/mol. The molecule has 1 aromatic carbocycles. The summed E-state index contributed by atoms with van der Waals surface area (Å²) in [6.45, 7) is 0.173. The van der Waals surface area contributed by atoms with E-state index in [9.17, 15) is 18.0 Å². The van der Waals surface area contributed by atoms with E-state index in [1.54, 1.807) is 24.3 Å². The van der Waals surface area contributed by atoms with Gasteiger partial charge in [-0.25, -0.2) is 4.79 Å². The number of amides is 1. The Morgan fingerprint density at radius 1 is 1.30 bits per heavy atom. The number of alkyl halides is 3. The Morgan fingerprint density at radius 3 is 2.50 bits per heavy atom. The van der Waals surface area contributed by atoms with Crippen LogP contribution in [0.3, 0.4) is 0 Å². The molecule has 2 N–H and O–H groups in total. The fourth-order valence-electron chi connectivity index (χ4n) is 3.72. The third kappa shape index (κ3) is 5.77. The Balaban J connectivity index is 1.48. The summed E-state index contributed by atoms with van der Waals surface area (Å²) in [5.41, 5.74) is 6.18. The lowest BCUT2D eigenvalue weighted by atomic mass is 9.88. The maximum absolute atomic E-state index is 13.3. The third-order valence-corrected chi connectivity index (χ3v) is 5.48. The van der Waals surface area contributed by atoms with Gasteiger partial charge < -0.3 is 29.6 Å². The fourth-order valence-corrected chi connectivity index (χ4v) is 3.72. The van der Waals surface area contributed by atoms with E-state index >= 15 is 0 Å². The molecule has 0 aromatic heterocycles. The minimum Gasteiger partial charge on any atom is -0.497 e. The van der Waals surface area contributed by atoms with Crippen molar-refractivity contribution in [3.8, 4) is 5.75 Å². The number of rotatable bonds is 6. The number of benzene rings is 1. The first kappa shape index (κ1) is 22.6. The van der Waals surface area contributed by atoms with Gasteiger partial charge in [0.15, 0.2) is 0 Å². The molecule has 2 fully saturated rings. The van der Waals surface area contributed by atoms with Crippen molar-refractivity contribution < 1.29 is 36.9 Å². The van der Waals surface area contributed by atoms with Gasteiger partial charge in [0.25, 0.3) is 0 Å². The highest BCUT2D eigenvalue weighted by atomic mass is 19.4. The highest BCUT2D eigenvalue weighted by molar-refractivity contribution is 5.68. The Morgan fingerprint density at radius 2 is 1.97 bits per heavy atom. The molecule has 2 heterocycles. The maximum Gasteiger partial charge on any atom is 0.427 e. The summed E-state index contributed by atoms with van der Waals surface area (Å²) in [5.74, 6) is 0.633. The van der Waals surface area contributed by atoms with Crippen molar-refractivity contribution in [2.24, 2.45) is 5.73 Å². The average molecular weight is 432 g/mol.